The first-order chi connectivity index (χ1) is 15.1. The monoisotopic (exact) mass is 432 g/mol. The average molecular weight is 433 g/mol. The molecule has 0 atom stereocenters. The van der Waals surface area contributed by atoms with Crippen molar-refractivity contribution < 1.29 is 0 Å². The van der Waals surface area contributed by atoms with E-state index in [0.29, 0.717) is 36.1 Å². The molecule has 8 heteroatoms. The van der Waals surface area contributed by atoms with Crippen molar-refractivity contribution in [3.63, 3.8) is 0 Å². The second-order valence-corrected chi connectivity index (χ2v) is 8.00. The van der Waals surface area contributed by atoms with Gasteiger partial charge in [-0.25, -0.2) is 9.67 Å². The van der Waals surface area contributed by atoms with Gasteiger partial charge in [-0.3, -0.25) is 14.7 Å². The lowest BCUT2D eigenvalue weighted by molar-refractivity contribution is 0.241. The molecule has 1 aliphatic heterocycles. The third kappa shape index (κ3) is 3.78. The fourth-order valence-corrected chi connectivity index (χ4v) is 4.26. The third-order valence-electron chi connectivity index (χ3n) is 5.59. The predicted molar refractivity (Wildman–Crippen MR) is 119 cm³/mol. The highest BCUT2D eigenvalue weighted by Crippen LogP contribution is 2.27. The predicted octanol–water partition coefficient (Wildman–Crippen LogP) is 3.54. The summed E-state index contributed by atoms with van der Waals surface area (Å²) in [5, 5.41) is 5.23. The summed E-state index contributed by atoms with van der Waals surface area (Å²) >= 11 is 6.69. The second kappa shape index (κ2) is 8.09. The Kier molecular flexibility index (Phi) is 5.13. The highest BCUT2D eigenvalue weighted by Gasteiger charge is 2.24. The summed E-state index contributed by atoms with van der Waals surface area (Å²) in [6.45, 7) is 3.91. The van der Waals surface area contributed by atoms with E-state index in [2.05, 4.69) is 20.0 Å². The molecule has 0 amide bonds. The van der Waals surface area contributed by atoms with Crippen LogP contribution >= 0.6 is 11.6 Å². The second-order valence-electron chi connectivity index (χ2n) is 7.64. The van der Waals surface area contributed by atoms with Gasteiger partial charge in [-0.15, -0.1) is 0 Å². The number of pyridine rings is 1. The molecule has 1 N–H and O–H groups in total. The Hall–Kier alpha value is -3.29. The molecule has 31 heavy (non-hydrogen) atoms. The van der Waals surface area contributed by atoms with Crippen molar-refractivity contribution in [3.05, 3.63) is 92.9 Å². The Morgan fingerprint density at radius 2 is 2.00 bits per heavy atom. The molecule has 3 aromatic heterocycles. The molecule has 1 aliphatic rings. The summed E-state index contributed by atoms with van der Waals surface area (Å²) in [6, 6.07) is 13.6. The number of aromatic nitrogens is 5. The Morgan fingerprint density at radius 1 is 1.16 bits per heavy atom. The summed E-state index contributed by atoms with van der Waals surface area (Å²) in [4.78, 5) is 26.7. The number of halogens is 1. The van der Waals surface area contributed by atoms with Gasteiger partial charge in [-0.1, -0.05) is 29.8 Å². The normalized spacial score (nSPS) is 13.9. The number of rotatable bonds is 4. The summed E-state index contributed by atoms with van der Waals surface area (Å²) < 4.78 is 1.76. The third-order valence-corrected chi connectivity index (χ3v) is 5.98. The Balaban J connectivity index is 1.40. The Morgan fingerprint density at radius 3 is 2.77 bits per heavy atom. The number of hydrogen-bond acceptors (Lipinski definition) is 5. The molecule has 0 radical (unpaired) electrons. The number of benzene rings is 1. The first-order valence-corrected chi connectivity index (χ1v) is 10.5. The minimum absolute atomic E-state index is 0.101. The molecule has 0 unspecified atom stereocenters. The lowest BCUT2D eigenvalue weighted by Crippen LogP contribution is -2.35. The summed E-state index contributed by atoms with van der Waals surface area (Å²) in [5.41, 5.74) is 5.06. The Labute approximate surface area is 184 Å². The molecular formula is C23H21ClN6O. The number of nitrogens with one attached hydrogen (secondary N) is 1. The van der Waals surface area contributed by atoms with Crippen LogP contribution in [0.5, 0.6) is 0 Å². The molecule has 156 valence electrons. The molecule has 4 heterocycles. The lowest BCUT2D eigenvalue weighted by Gasteiger charge is -2.27. The minimum Gasteiger partial charge on any atom is -0.306 e. The number of nitrogens with zero attached hydrogens (tertiary/aromatic N) is 5. The van der Waals surface area contributed by atoms with E-state index in [9.17, 15) is 4.79 Å². The van der Waals surface area contributed by atoms with Crippen LogP contribution in [0.3, 0.4) is 0 Å². The molecular weight excluding hydrogens is 412 g/mol. The van der Waals surface area contributed by atoms with Gasteiger partial charge in [0.25, 0.3) is 5.56 Å². The van der Waals surface area contributed by atoms with Crippen molar-refractivity contribution in [2.24, 2.45) is 0 Å². The summed E-state index contributed by atoms with van der Waals surface area (Å²) in [6.07, 6.45) is 4.11. The zero-order valence-corrected chi connectivity index (χ0v) is 17.8. The maximum Gasteiger partial charge on any atom is 0.255 e. The van der Waals surface area contributed by atoms with Crippen LogP contribution in [0.1, 0.15) is 22.5 Å². The molecule has 0 saturated carbocycles. The van der Waals surface area contributed by atoms with Crippen LogP contribution in [-0.4, -0.2) is 36.2 Å². The lowest BCUT2D eigenvalue weighted by atomic mass is 10.1. The van der Waals surface area contributed by atoms with Gasteiger partial charge in [0.2, 0.25) is 0 Å². The first-order valence-electron chi connectivity index (χ1n) is 10.1. The van der Waals surface area contributed by atoms with Crippen LogP contribution in [-0.2, 0) is 19.5 Å². The average Bonchev–Trinajstić information content (AvgIpc) is 3.09. The van der Waals surface area contributed by atoms with E-state index < -0.39 is 0 Å². The highest BCUT2D eigenvalue weighted by molar-refractivity contribution is 6.30. The zero-order valence-electron chi connectivity index (χ0n) is 17.0. The summed E-state index contributed by atoms with van der Waals surface area (Å²) in [5.74, 6) is 0.563. The van der Waals surface area contributed by atoms with Gasteiger partial charge in [-0.05, 0) is 31.2 Å². The van der Waals surface area contributed by atoms with Crippen molar-refractivity contribution in [1.29, 1.82) is 0 Å². The van der Waals surface area contributed by atoms with Crippen molar-refractivity contribution in [2.45, 2.75) is 26.4 Å². The van der Waals surface area contributed by atoms with Crippen LogP contribution in [0.4, 0.5) is 0 Å². The smallest absolute Gasteiger partial charge is 0.255 e. The number of aromatic amines is 1. The SMILES string of the molecule is Cc1nn(-c2ccccc2)c(Cl)c1CN1CCc2nc(-c3cccnc3)[nH]c(=O)c2C1. The van der Waals surface area contributed by atoms with E-state index in [1.165, 1.54) is 0 Å². The quantitative estimate of drug-likeness (QED) is 0.533. The minimum atomic E-state index is -0.101. The molecule has 0 saturated heterocycles. The number of fused-ring (bicyclic) bond motifs is 1. The van der Waals surface area contributed by atoms with Gasteiger partial charge in [0, 0.05) is 49.6 Å². The number of para-hydroxylation sites is 1. The standard InChI is InChI=1S/C23H21ClN6O/c1-15-18(21(24)30(28-15)17-7-3-2-4-8-17)13-29-11-9-20-19(14-29)23(31)27-22(26-20)16-6-5-10-25-12-16/h2-8,10,12H,9,11,13-14H2,1H3,(H,26,27,31). The zero-order chi connectivity index (χ0) is 21.4. The molecule has 4 aromatic rings. The van der Waals surface area contributed by atoms with E-state index >= 15 is 0 Å². The van der Waals surface area contributed by atoms with Gasteiger partial charge < -0.3 is 4.98 Å². The van der Waals surface area contributed by atoms with Crippen LogP contribution in [0, 0.1) is 6.92 Å². The molecule has 0 aliphatic carbocycles. The van der Waals surface area contributed by atoms with Crippen molar-refractivity contribution in [3.8, 4) is 17.1 Å². The van der Waals surface area contributed by atoms with E-state index in [-0.39, 0.29) is 5.56 Å². The van der Waals surface area contributed by atoms with Gasteiger partial charge in [0.1, 0.15) is 11.0 Å². The maximum atomic E-state index is 12.8. The fraction of sp³-hybridized carbons (Fsp3) is 0.217. The molecule has 0 spiro atoms. The first kappa shape index (κ1) is 19.7. The van der Waals surface area contributed by atoms with E-state index in [1.807, 2.05) is 49.4 Å². The maximum absolute atomic E-state index is 12.8. The van der Waals surface area contributed by atoms with Crippen LogP contribution in [0.15, 0.2) is 59.7 Å². The van der Waals surface area contributed by atoms with Gasteiger partial charge in [-0.2, -0.15) is 5.10 Å². The van der Waals surface area contributed by atoms with E-state index in [0.717, 1.165) is 34.7 Å². The van der Waals surface area contributed by atoms with Crippen LogP contribution in [0.2, 0.25) is 5.15 Å². The number of hydrogen-bond donors (Lipinski definition) is 1. The van der Waals surface area contributed by atoms with Gasteiger partial charge in [0.15, 0.2) is 0 Å². The Bertz CT molecular complexity index is 1280. The number of aryl methyl sites for hydroxylation is 1. The van der Waals surface area contributed by atoms with Gasteiger partial charge >= 0.3 is 0 Å². The molecule has 0 bridgehead atoms. The molecule has 0 fully saturated rings. The highest BCUT2D eigenvalue weighted by atomic mass is 35.5. The van der Waals surface area contributed by atoms with E-state index in [1.54, 1.807) is 17.1 Å². The molecule has 1 aromatic carbocycles. The van der Waals surface area contributed by atoms with Gasteiger partial charge in [0.05, 0.1) is 22.6 Å². The largest absolute Gasteiger partial charge is 0.306 e. The fourth-order valence-electron chi connectivity index (χ4n) is 3.93. The van der Waals surface area contributed by atoms with Crippen molar-refractivity contribution in [2.75, 3.05) is 6.54 Å². The molecule has 7 nitrogen and oxygen atoms in total. The summed E-state index contributed by atoms with van der Waals surface area (Å²) in [7, 11) is 0. The number of H-pyrrole nitrogens is 1. The topological polar surface area (TPSA) is 79.7 Å². The van der Waals surface area contributed by atoms with E-state index in [4.69, 9.17) is 16.6 Å². The van der Waals surface area contributed by atoms with Crippen molar-refractivity contribution in [1.82, 2.24) is 29.6 Å². The molecule has 5 rings (SSSR count). The van der Waals surface area contributed by atoms with Crippen molar-refractivity contribution >= 4 is 11.6 Å². The van der Waals surface area contributed by atoms with Crippen LogP contribution in [0.25, 0.3) is 17.1 Å². The van der Waals surface area contributed by atoms with Crippen LogP contribution < -0.4 is 5.56 Å².